The third kappa shape index (κ3) is 2.99. The van der Waals surface area contributed by atoms with Crippen LogP contribution in [-0.4, -0.2) is 31.4 Å². The molecule has 1 aromatic rings. The number of benzene rings is 1. The normalized spacial score (nSPS) is 19.6. The molecule has 2 rings (SSSR count). The van der Waals surface area contributed by atoms with E-state index in [1.807, 2.05) is 12.1 Å². The Balaban J connectivity index is 2.04. The van der Waals surface area contributed by atoms with Crippen molar-refractivity contribution in [2.24, 2.45) is 0 Å². The number of likely N-dealkylation sites (N-methyl/N-ethyl adjacent to an activating group) is 1. The van der Waals surface area contributed by atoms with Gasteiger partial charge in [-0.25, -0.2) is 0 Å². The molecule has 0 bridgehead atoms. The smallest absolute Gasteiger partial charge is 0.0750 e. The molecule has 1 aliphatic rings. The van der Waals surface area contributed by atoms with Crippen molar-refractivity contribution < 1.29 is 9.84 Å². The molecule has 1 heterocycles. The number of hydrogen-bond donors (Lipinski definition) is 1. The Morgan fingerprint density at radius 2 is 2.29 bits per heavy atom. The third-order valence-electron chi connectivity index (χ3n) is 3.36. The molecule has 0 aromatic heterocycles. The molecule has 0 saturated carbocycles. The van der Waals surface area contributed by atoms with Crippen LogP contribution in [0.4, 0.5) is 5.69 Å². The number of aliphatic hydroxyl groups is 1. The third-order valence-corrected chi connectivity index (χ3v) is 3.36. The van der Waals surface area contributed by atoms with E-state index < -0.39 is 0 Å². The summed E-state index contributed by atoms with van der Waals surface area (Å²) >= 11 is 0. The van der Waals surface area contributed by atoms with Crippen molar-refractivity contribution in [3.05, 3.63) is 29.3 Å². The molecule has 1 N–H and O–H groups in total. The van der Waals surface area contributed by atoms with Gasteiger partial charge in [0.05, 0.1) is 12.7 Å². The predicted molar refractivity (Wildman–Crippen MR) is 69.3 cm³/mol. The molecule has 94 valence electrons. The van der Waals surface area contributed by atoms with E-state index in [1.165, 1.54) is 17.7 Å². The Bertz CT molecular complexity index is 372. The van der Waals surface area contributed by atoms with Gasteiger partial charge in [0.15, 0.2) is 0 Å². The summed E-state index contributed by atoms with van der Waals surface area (Å²) in [4.78, 5) is 2.24. The highest BCUT2D eigenvalue weighted by molar-refractivity contribution is 5.54. The minimum absolute atomic E-state index is 0.108. The number of hydrogen-bond acceptors (Lipinski definition) is 3. The van der Waals surface area contributed by atoms with Crippen LogP contribution in [0.5, 0.6) is 0 Å². The average Bonchev–Trinajstić information content (AvgIpc) is 2.81. The summed E-state index contributed by atoms with van der Waals surface area (Å²) in [5.74, 6) is 0. The monoisotopic (exact) mass is 235 g/mol. The van der Waals surface area contributed by atoms with Crippen LogP contribution in [0.2, 0.25) is 0 Å². The standard InChI is InChI=1S/C14H21NO2/c1-11-8-12(10-16)5-6-14(11)15(2)9-13-4-3-7-17-13/h5-6,8,13,16H,3-4,7,9-10H2,1-2H3. The van der Waals surface area contributed by atoms with Crippen LogP contribution in [0.15, 0.2) is 18.2 Å². The van der Waals surface area contributed by atoms with E-state index in [9.17, 15) is 0 Å². The molecule has 1 atom stereocenters. The summed E-state index contributed by atoms with van der Waals surface area (Å²) in [6.07, 6.45) is 2.72. The molecule has 3 heteroatoms. The lowest BCUT2D eigenvalue weighted by molar-refractivity contribution is 0.116. The van der Waals surface area contributed by atoms with Crippen molar-refractivity contribution in [3.8, 4) is 0 Å². The lowest BCUT2D eigenvalue weighted by atomic mass is 10.1. The molecule has 1 saturated heterocycles. The topological polar surface area (TPSA) is 32.7 Å². The average molecular weight is 235 g/mol. The zero-order chi connectivity index (χ0) is 12.3. The molecule has 1 fully saturated rings. The van der Waals surface area contributed by atoms with Crippen molar-refractivity contribution in [1.29, 1.82) is 0 Å². The van der Waals surface area contributed by atoms with Gasteiger partial charge in [0.2, 0.25) is 0 Å². The van der Waals surface area contributed by atoms with Crippen LogP contribution in [-0.2, 0) is 11.3 Å². The van der Waals surface area contributed by atoms with Crippen LogP contribution < -0.4 is 4.90 Å². The first kappa shape index (κ1) is 12.4. The van der Waals surface area contributed by atoms with E-state index in [0.717, 1.165) is 25.1 Å². The largest absolute Gasteiger partial charge is 0.392 e. The van der Waals surface area contributed by atoms with Gasteiger partial charge in [-0.3, -0.25) is 0 Å². The van der Waals surface area contributed by atoms with E-state index in [4.69, 9.17) is 9.84 Å². The second-order valence-corrected chi connectivity index (χ2v) is 4.79. The first-order valence-electron chi connectivity index (χ1n) is 6.24. The Morgan fingerprint density at radius 1 is 1.47 bits per heavy atom. The highest BCUT2D eigenvalue weighted by atomic mass is 16.5. The number of anilines is 1. The van der Waals surface area contributed by atoms with Crippen LogP contribution in [0.3, 0.4) is 0 Å². The molecule has 0 spiro atoms. The summed E-state index contributed by atoms with van der Waals surface area (Å²) in [6.45, 7) is 4.04. The van der Waals surface area contributed by atoms with Gasteiger partial charge in [-0.2, -0.15) is 0 Å². The van der Waals surface area contributed by atoms with Crippen molar-refractivity contribution in [1.82, 2.24) is 0 Å². The zero-order valence-electron chi connectivity index (χ0n) is 10.6. The second kappa shape index (κ2) is 5.52. The van der Waals surface area contributed by atoms with Gasteiger partial charge < -0.3 is 14.7 Å². The van der Waals surface area contributed by atoms with Crippen molar-refractivity contribution >= 4 is 5.69 Å². The molecular weight excluding hydrogens is 214 g/mol. The van der Waals surface area contributed by atoms with Gasteiger partial charge in [0.25, 0.3) is 0 Å². The molecule has 3 nitrogen and oxygen atoms in total. The lowest BCUT2D eigenvalue weighted by Crippen LogP contribution is -2.29. The van der Waals surface area contributed by atoms with Gasteiger partial charge >= 0.3 is 0 Å². The first-order valence-corrected chi connectivity index (χ1v) is 6.24. The summed E-state index contributed by atoms with van der Waals surface area (Å²) in [6, 6.07) is 6.10. The SMILES string of the molecule is Cc1cc(CO)ccc1N(C)CC1CCCO1. The van der Waals surface area contributed by atoms with Crippen molar-refractivity contribution in [2.75, 3.05) is 25.1 Å². The number of aryl methyl sites for hydroxylation is 1. The lowest BCUT2D eigenvalue weighted by Gasteiger charge is -2.24. The van der Waals surface area contributed by atoms with E-state index in [2.05, 4.69) is 24.9 Å². The maximum atomic E-state index is 9.09. The van der Waals surface area contributed by atoms with Gasteiger partial charge in [0, 0.05) is 25.9 Å². The number of rotatable bonds is 4. The Morgan fingerprint density at radius 3 is 2.88 bits per heavy atom. The Hall–Kier alpha value is -1.06. The molecule has 1 unspecified atom stereocenters. The van der Waals surface area contributed by atoms with Gasteiger partial charge in [-0.15, -0.1) is 0 Å². The Labute approximate surface area is 103 Å². The van der Waals surface area contributed by atoms with E-state index >= 15 is 0 Å². The maximum Gasteiger partial charge on any atom is 0.0750 e. The minimum atomic E-state index is 0.108. The molecule has 0 amide bonds. The van der Waals surface area contributed by atoms with Gasteiger partial charge in [-0.1, -0.05) is 12.1 Å². The van der Waals surface area contributed by atoms with Crippen LogP contribution in [0, 0.1) is 6.92 Å². The molecule has 0 aliphatic carbocycles. The summed E-state index contributed by atoms with van der Waals surface area (Å²) in [7, 11) is 2.10. The van der Waals surface area contributed by atoms with Crippen LogP contribution in [0.25, 0.3) is 0 Å². The summed E-state index contributed by atoms with van der Waals surface area (Å²) in [5, 5.41) is 9.09. The first-order chi connectivity index (χ1) is 8.20. The minimum Gasteiger partial charge on any atom is -0.392 e. The highest BCUT2D eigenvalue weighted by Crippen LogP contribution is 2.22. The molecule has 0 radical (unpaired) electrons. The summed E-state index contributed by atoms with van der Waals surface area (Å²) < 4.78 is 5.65. The Kier molecular flexibility index (Phi) is 4.02. The molecule has 17 heavy (non-hydrogen) atoms. The number of ether oxygens (including phenoxy) is 1. The van der Waals surface area contributed by atoms with Gasteiger partial charge in [-0.05, 0) is 37.0 Å². The highest BCUT2D eigenvalue weighted by Gasteiger charge is 2.18. The fourth-order valence-corrected chi connectivity index (χ4v) is 2.44. The molecular formula is C14H21NO2. The van der Waals surface area contributed by atoms with Crippen LogP contribution >= 0.6 is 0 Å². The fraction of sp³-hybridized carbons (Fsp3) is 0.571. The quantitative estimate of drug-likeness (QED) is 0.867. The fourth-order valence-electron chi connectivity index (χ4n) is 2.44. The van der Waals surface area contributed by atoms with Gasteiger partial charge in [0.1, 0.15) is 0 Å². The molecule has 1 aliphatic heterocycles. The second-order valence-electron chi connectivity index (χ2n) is 4.79. The molecule has 1 aromatic carbocycles. The number of nitrogens with zero attached hydrogens (tertiary/aromatic N) is 1. The van der Waals surface area contributed by atoms with E-state index in [1.54, 1.807) is 0 Å². The van der Waals surface area contributed by atoms with E-state index in [0.29, 0.717) is 6.10 Å². The van der Waals surface area contributed by atoms with Crippen molar-refractivity contribution in [2.45, 2.75) is 32.5 Å². The van der Waals surface area contributed by atoms with E-state index in [-0.39, 0.29) is 6.61 Å². The summed E-state index contributed by atoms with van der Waals surface area (Å²) in [5.41, 5.74) is 3.39. The predicted octanol–water partition coefficient (Wildman–Crippen LogP) is 2.10. The zero-order valence-corrected chi connectivity index (χ0v) is 10.6. The van der Waals surface area contributed by atoms with Crippen LogP contribution in [0.1, 0.15) is 24.0 Å². The maximum absolute atomic E-state index is 9.09. The van der Waals surface area contributed by atoms with Crippen molar-refractivity contribution in [3.63, 3.8) is 0 Å². The number of aliphatic hydroxyl groups excluding tert-OH is 1.